The van der Waals surface area contributed by atoms with Crippen molar-refractivity contribution in [3.63, 3.8) is 0 Å². The Bertz CT molecular complexity index is 635. The molecule has 2 amide bonds. The Morgan fingerprint density at radius 2 is 2.00 bits per heavy atom. The first-order valence-corrected chi connectivity index (χ1v) is 8.44. The van der Waals surface area contributed by atoms with Crippen molar-refractivity contribution in [1.29, 1.82) is 5.26 Å². The molecule has 0 radical (unpaired) electrons. The van der Waals surface area contributed by atoms with Crippen LogP contribution in [0.5, 0.6) is 0 Å². The first kappa shape index (κ1) is 18.9. The van der Waals surface area contributed by atoms with Crippen LogP contribution in [0.3, 0.4) is 0 Å². The first-order valence-electron chi connectivity index (χ1n) is 8.44. The summed E-state index contributed by atoms with van der Waals surface area (Å²) >= 11 is 0. The van der Waals surface area contributed by atoms with Crippen LogP contribution in [-0.2, 0) is 14.3 Å². The largest absolute Gasteiger partial charge is 0.379 e. The lowest BCUT2D eigenvalue weighted by Crippen LogP contribution is -2.43. The molecule has 2 rings (SSSR count). The van der Waals surface area contributed by atoms with Crippen LogP contribution in [0, 0.1) is 11.3 Å². The minimum absolute atomic E-state index is 0.0431. The number of nitrogens with zero attached hydrogens (tertiary/aromatic N) is 3. The van der Waals surface area contributed by atoms with Gasteiger partial charge in [-0.05, 0) is 12.1 Å². The lowest BCUT2D eigenvalue weighted by Gasteiger charge is -2.29. The van der Waals surface area contributed by atoms with E-state index in [1.807, 2.05) is 6.07 Å². The van der Waals surface area contributed by atoms with E-state index in [1.165, 1.54) is 6.92 Å². The zero-order chi connectivity index (χ0) is 18.1. The molecule has 0 spiro atoms. The second kappa shape index (κ2) is 9.77. The normalized spacial score (nSPS) is 14.6. The van der Waals surface area contributed by atoms with E-state index < -0.39 is 0 Å². The first-order chi connectivity index (χ1) is 12.1. The second-order valence-electron chi connectivity index (χ2n) is 5.92. The predicted octanol–water partition coefficient (Wildman–Crippen LogP) is 1.07. The fourth-order valence-electron chi connectivity index (χ4n) is 2.65. The number of hydrogen-bond donors (Lipinski definition) is 1. The molecule has 1 heterocycles. The van der Waals surface area contributed by atoms with Crippen LogP contribution in [0.2, 0.25) is 0 Å². The van der Waals surface area contributed by atoms with E-state index in [2.05, 4.69) is 10.2 Å². The van der Waals surface area contributed by atoms with Crippen LogP contribution in [0.4, 0.5) is 5.69 Å². The molecule has 7 heteroatoms. The van der Waals surface area contributed by atoms with Crippen LogP contribution >= 0.6 is 0 Å². The molecule has 1 fully saturated rings. The summed E-state index contributed by atoms with van der Waals surface area (Å²) in [7, 11) is 0. The Kier molecular flexibility index (Phi) is 7.38. The summed E-state index contributed by atoms with van der Waals surface area (Å²) in [5.74, 6) is -0.251. The van der Waals surface area contributed by atoms with Gasteiger partial charge in [0.05, 0.1) is 24.5 Å². The topological polar surface area (TPSA) is 85.7 Å². The van der Waals surface area contributed by atoms with Crippen LogP contribution in [0.15, 0.2) is 24.3 Å². The Balaban J connectivity index is 1.80. The number of carbonyl (C=O) groups excluding carboxylic acids is 2. The average Bonchev–Trinajstić information content (AvgIpc) is 2.62. The van der Waals surface area contributed by atoms with Crippen molar-refractivity contribution in [3.05, 3.63) is 29.8 Å². The third-order valence-corrected chi connectivity index (χ3v) is 4.17. The van der Waals surface area contributed by atoms with Crippen LogP contribution in [0.25, 0.3) is 0 Å². The van der Waals surface area contributed by atoms with Crippen molar-refractivity contribution in [1.82, 2.24) is 9.80 Å². The van der Waals surface area contributed by atoms with Gasteiger partial charge in [0.15, 0.2) is 0 Å². The number of benzene rings is 1. The van der Waals surface area contributed by atoms with Crippen LogP contribution in [-0.4, -0.2) is 67.6 Å². The molecule has 1 saturated heterocycles. The summed E-state index contributed by atoms with van der Waals surface area (Å²) in [5, 5.41) is 11.8. The highest BCUT2D eigenvalue weighted by Crippen LogP contribution is 2.13. The van der Waals surface area contributed by atoms with Crippen molar-refractivity contribution < 1.29 is 14.3 Å². The number of anilines is 1. The summed E-state index contributed by atoms with van der Waals surface area (Å²) in [6, 6.07) is 8.90. The molecule has 0 aliphatic carbocycles. The molecular formula is C18H24N4O3. The van der Waals surface area contributed by atoms with Gasteiger partial charge in [0.2, 0.25) is 11.8 Å². The molecule has 0 aromatic heterocycles. The molecule has 0 saturated carbocycles. The monoisotopic (exact) mass is 344 g/mol. The lowest BCUT2D eigenvalue weighted by atomic mass is 10.2. The molecule has 1 aliphatic rings. The van der Waals surface area contributed by atoms with Crippen molar-refractivity contribution in [2.45, 2.75) is 13.3 Å². The van der Waals surface area contributed by atoms with Gasteiger partial charge in [-0.1, -0.05) is 12.1 Å². The van der Waals surface area contributed by atoms with Gasteiger partial charge in [-0.15, -0.1) is 0 Å². The van der Waals surface area contributed by atoms with Gasteiger partial charge in [0.1, 0.15) is 6.07 Å². The van der Waals surface area contributed by atoms with Crippen molar-refractivity contribution in [3.8, 4) is 6.07 Å². The third kappa shape index (κ3) is 6.18. The molecule has 1 aromatic rings. The standard InChI is InChI=1S/C18H24N4O3/c1-15(23)22(9-8-21-10-12-25-13-11-21)7-6-18(24)20-17-5-3-2-4-16(17)14-19/h2-5H,6-13H2,1H3,(H,20,24). The average molecular weight is 344 g/mol. The summed E-state index contributed by atoms with van der Waals surface area (Å²) in [4.78, 5) is 27.9. The van der Waals surface area contributed by atoms with Crippen molar-refractivity contribution in [2.24, 2.45) is 0 Å². The zero-order valence-corrected chi connectivity index (χ0v) is 14.5. The second-order valence-corrected chi connectivity index (χ2v) is 5.92. The molecular weight excluding hydrogens is 320 g/mol. The minimum Gasteiger partial charge on any atom is -0.379 e. The van der Waals surface area contributed by atoms with Gasteiger partial charge < -0.3 is 15.0 Å². The van der Waals surface area contributed by atoms with Gasteiger partial charge in [-0.2, -0.15) is 5.26 Å². The molecule has 134 valence electrons. The highest BCUT2D eigenvalue weighted by atomic mass is 16.5. The Morgan fingerprint density at radius 1 is 1.28 bits per heavy atom. The molecule has 25 heavy (non-hydrogen) atoms. The fraction of sp³-hybridized carbons (Fsp3) is 0.500. The van der Waals surface area contributed by atoms with Crippen LogP contribution in [0.1, 0.15) is 18.9 Å². The highest BCUT2D eigenvalue weighted by Gasteiger charge is 2.15. The number of ether oxygens (including phenoxy) is 1. The molecule has 1 aromatic carbocycles. The van der Waals surface area contributed by atoms with Crippen LogP contribution < -0.4 is 5.32 Å². The number of hydrogen-bond acceptors (Lipinski definition) is 5. The number of carbonyl (C=O) groups is 2. The van der Waals surface area contributed by atoms with E-state index in [4.69, 9.17) is 10.00 Å². The Labute approximate surface area is 148 Å². The van der Waals surface area contributed by atoms with Crippen molar-refractivity contribution in [2.75, 3.05) is 51.3 Å². The number of para-hydroxylation sites is 1. The Morgan fingerprint density at radius 3 is 2.68 bits per heavy atom. The fourth-order valence-corrected chi connectivity index (χ4v) is 2.65. The SMILES string of the molecule is CC(=O)N(CCC(=O)Nc1ccccc1C#N)CCN1CCOCC1. The predicted molar refractivity (Wildman–Crippen MR) is 93.9 cm³/mol. The van der Waals surface area contributed by atoms with E-state index in [9.17, 15) is 9.59 Å². The third-order valence-electron chi connectivity index (χ3n) is 4.17. The lowest BCUT2D eigenvalue weighted by molar-refractivity contribution is -0.129. The molecule has 0 unspecified atom stereocenters. The number of nitriles is 1. The maximum absolute atomic E-state index is 12.1. The molecule has 7 nitrogen and oxygen atoms in total. The van der Waals surface area contributed by atoms with Gasteiger partial charge in [0.25, 0.3) is 0 Å². The summed E-state index contributed by atoms with van der Waals surface area (Å²) in [6.45, 7) is 6.44. The minimum atomic E-state index is -0.208. The number of rotatable bonds is 7. The van der Waals surface area contributed by atoms with E-state index in [-0.39, 0.29) is 18.2 Å². The van der Waals surface area contributed by atoms with Gasteiger partial charge >= 0.3 is 0 Å². The number of nitrogens with one attached hydrogen (secondary N) is 1. The van der Waals surface area contributed by atoms with Gasteiger partial charge in [0, 0.05) is 46.1 Å². The highest BCUT2D eigenvalue weighted by molar-refractivity contribution is 5.92. The van der Waals surface area contributed by atoms with Gasteiger partial charge in [-0.3, -0.25) is 14.5 Å². The summed E-state index contributed by atoms with van der Waals surface area (Å²) in [6.07, 6.45) is 0.197. The van der Waals surface area contributed by atoms with Gasteiger partial charge in [-0.25, -0.2) is 0 Å². The van der Waals surface area contributed by atoms with E-state index in [0.717, 1.165) is 32.8 Å². The maximum Gasteiger partial charge on any atom is 0.226 e. The molecule has 1 N–H and O–H groups in total. The quantitative estimate of drug-likeness (QED) is 0.800. The molecule has 1 aliphatic heterocycles. The summed E-state index contributed by atoms with van der Waals surface area (Å²) < 4.78 is 5.31. The van der Waals surface area contributed by atoms with E-state index in [1.54, 1.807) is 29.2 Å². The molecule has 0 atom stereocenters. The summed E-state index contributed by atoms with van der Waals surface area (Å²) in [5.41, 5.74) is 0.921. The zero-order valence-electron chi connectivity index (χ0n) is 14.5. The molecule has 0 bridgehead atoms. The maximum atomic E-state index is 12.1. The number of amides is 2. The smallest absolute Gasteiger partial charge is 0.226 e. The van der Waals surface area contributed by atoms with E-state index >= 15 is 0 Å². The Hall–Kier alpha value is -2.43. The van der Waals surface area contributed by atoms with E-state index in [0.29, 0.717) is 24.3 Å². The van der Waals surface area contributed by atoms with Crippen molar-refractivity contribution >= 4 is 17.5 Å². The number of morpholine rings is 1.